The molecular weight excluding hydrogens is 296 g/mol. The molecule has 3 aromatic rings. The van der Waals surface area contributed by atoms with Crippen molar-refractivity contribution < 1.29 is 4.79 Å². The molecule has 6 heteroatoms. The standard InChI is InChI=1S/C16H14N4OS/c17-15-20-14(10-22-15)11-5-4-8-13(9-11)19-16(21)18-12-6-2-1-3-7-12/h1-10H,(H2,17,20)(H2,18,19,21). The van der Waals surface area contributed by atoms with Crippen LogP contribution in [0.1, 0.15) is 0 Å². The molecule has 0 atom stereocenters. The van der Waals surface area contributed by atoms with Crippen molar-refractivity contribution in [1.29, 1.82) is 0 Å². The molecule has 0 aliphatic rings. The van der Waals surface area contributed by atoms with Gasteiger partial charge >= 0.3 is 6.03 Å². The number of nitrogens with two attached hydrogens (primary N) is 1. The Balaban J connectivity index is 1.71. The molecule has 110 valence electrons. The van der Waals surface area contributed by atoms with Crippen LogP contribution in [0.4, 0.5) is 21.3 Å². The van der Waals surface area contributed by atoms with Crippen molar-refractivity contribution in [2.24, 2.45) is 0 Å². The molecule has 2 aromatic carbocycles. The Kier molecular flexibility index (Phi) is 4.02. The van der Waals surface area contributed by atoms with Crippen LogP contribution in [0.2, 0.25) is 0 Å². The summed E-state index contributed by atoms with van der Waals surface area (Å²) in [5, 5.41) is 7.98. The smallest absolute Gasteiger partial charge is 0.323 e. The number of rotatable bonds is 3. The van der Waals surface area contributed by atoms with Crippen LogP contribution in [0.15, 0.2) is 60.0 Å². The summed E-state index contributed by atoms with van der Waals surface area (Å²) >= 11 is 1.39. The summed E-state index contributed by atoms with van der Waals surface area (Å²) in [5.41, 5.74) is 8.79. The van der Waals surface area contributed by atoms with E-state index in [-0.39, 0.29) is 6.03 Å². The van der Waals surface area contributed by atoms with Crippen molar-refractivity contribution in [2.45, 2.75) is 0 Å². The van der Waals surface area contributed by atoms with E-state index in [0.717, 1.165) is 16.9 Å². The first-order valence-electron chi connectivity index (χ1n) is 6.65. The van der Waals surface area contributed by atoms with Gasteiger partial charge in [-0.05, 0) is 24.3 Å². The van der Waals surface area contributed by atoms with E-state index in [1.165, 1.54) is 11.3 Å². The van der Waals surface area contributed by atoms with E-state index >= 15 is 0 Å². The third kappa shape index (κ3) is 3.42. The van der Waals surface area contributed by atoms with Gasteiger partial charge in [-0.1, -0.05) is 30.3 Å². The van der Waals surface area contributed by atoms with E-state index < -0.39 is 0 Å². The van der Waals surface area contributed by atoms with Crippen LogP contribution in [-0.4, -0.2) is 11.0 Å². The quantitative estimate of drug-likeness (QED) is 0.683. The zero-order valence-corrected chi connectivity index (χ0v) is 12.4. The monoisotopic (exact) mass is 310 g/mol. The van der Waals surface area contributed by atoms with Gasteiger partial charge in [0.2, 0.25) is 0 Å². The molecule has 4 N–H and O–H groups in total. The lowest BCUT2D eigenvalue weighted by Crippen LogP contribution is -2.19. The lowest BCUT2D eigenvalue weighted by atomic mass is 10.1. The largest absolute Gasteiger partial charge is 0.375 e. The van der Waals surface area contributed by atoms with Gasteiger partial charge in [0.1, 0.15) is 0 Å². The highest BCUT2D eigenvalue weighted by molar-refractivity contribution is 7.13. The number of anilines is 3. The number of aromatic nitrogens is 1. The summed E-state index contributed by atoms with van der Waals surface area (Å²) < 4.78 is 0. The second kappa shape index (κ2) is 6.28. The molecule has 3 rings (SSSR count). The highest BCUT2D eigenvalue weighted by Crippen LogP contribution is 2.25. The molecule has 2 amide bonds. The molecule has 5 nitrogen and oxygen atoms in total. The second-order valence-electron chi connectivity index (χ2n) is 4.60. The van der Waals surface area contributed by atoms with Gasteiger partial charge in [-0.15, -0.1) is 11.3 Å². The number of urea groups is 1. The summed E-state index contributed by atoms with van der Waals surface area (Å²) in [4.78, 5) is 16.2. The average molecular weight is 310 g/mol. The van der Waals surface area contributed by atoms with Crippen LogP contribution in [0.25, 0.3) is 11.3 Å². The molecule has 0 saturated carbocycles. The van der Waals surface area contributed by atoms with Gasteiger partial charge in [0.05, 0.1) is 5.69 Å². The molecule has 0 aliphatic heterocycles. The number of benzene rings is 2. The topological polar surface area (TPSA) is 80.0 Å². The van der Waals surface area contributed by atoms with E-state index in [1.54, 1.807) is 0 Å². The molecule has 0 aliphatic carbocycles. The molecule has 1 heterocycles. The highest BCUT2D eigenvalue weighted by atomic mass is 32.1. The zero-order chi connectivity index (χ0) is 15.4. The van der Waals surface area contributed by atoms with Crippen LogP contribution in [0.3, 0.4) is 0 Å². The zero-order valence-electron chi connectivity index (χ0n) is 11.6. The number of nitrogen functional groups attached to an aromatic ring is 1. The molecule has 1 aromatic heterocycles. The van der Waals surface area contributed by atoms with Crippen LogP contribution in [0.5, 0.6) is 0 Å². The molecule has 0 radical (unpaired) electrons. The summed E-state index contributed by atoms with van der Waals surface area (Å²) in [6.07, 6.45) is 0. The Hall–Kier alpha value is -2.86. The van der Waals surface area contributed by atoms with Crippen molar-refractivity contribution in [2.75, 3.05) is 16.4 Å². The molecule has 22 heavy (non-hydrogen) atoms. The summed E-state index contributed by atoms with van der Waals surface area (Å²) in [6, 6.07) is 16.5. The maximum atomic E-state index is 12.0. The van der Waals surface area contributed by atoms with Crippen molar-refractivity contribution >= 4 is 33.9 Å². The predicted molar refractivity (Wildman–Crippen MR) is 91.0 cm³/mol. The molecule has 0 fully saturated rings. The minimum absolute atomic E-state index is 0.291. The van der Waals surface area contributed by atoms with E-state index in [0.29, 0.717) is 10.8 Å². The lowest BCUT2D eigenvalue weighted by molar-refractivity contribution is 0.262. The minimum Gasteiger partial charge on any atom is -0.375 e. The van der Waals surface area contributed by atoms with Crippen molar-refractivity contribution in [3.05, 3.63) is 60.0 Å². The van der Waals surface area contributed by atoms with Gasteiger partial charge in [0.15, 0.2) is 5.13 Å². The third-order valence-electron chi connectivity index (χ3n) is 2.97. The number of hydrogen-bond acceptors (Lipinski definition) is 4. The second-order valence-corrected chi connectivity index (χ2v) is 5.49. The Labute approximate surface area is 131 Å². The minimum atomic E-state index is -0.291. The number of carbonyl (C=O) groups is 1. The van der Waals surface area contributed by atoms with Gasteiger partial charge in [0, 0.05) is 22.3 Å². The van der Waals surface area contributed by atoms with E-state index in [9.17, 15) is 4.79 Å². The van der Waals surface area contributed by atoms with Gasteiger partial charge in [-0.3, -0.25) is 0 Å². The summed E-state index contributed by atoms with van der Waals surface area (Å²) in [6.45, 7) is 0. The van der Waals surface area contributed by atoms with Gasteiger partial charge in [0.25, 0.3) is 0 Å². The average Bonchev–Trinajstić information content (AvgIpc) is 2.95. The maximum absolute atomic E-state index is 12.0. The van der Waals surface area contributed by atoms with Gasteiger partial charge in [-0.25, -0.2) is 9.78 Å². The van der Waals surface area contributed by atoms with E-state index in [1.807, 2.05) is 60.0 Å². The molecule has 0 saturated heterocycles. The first-order chi connectivity index (χ1) is 10.7. The predicted octanol–water partition coefficient (Wildman–Crippen LogP) is 4.04. The van der Waals surface area contributed by atoms with Crippen LogP contribution < -0.4 is 16.4 Å². The number of carbonyl (C=O) groups excluding carboxylic acids is 1. The molecule has 0 spiro atoms. The maximum Gasteiger partial charge on any atom is 0.323 e. The fraction of sp³-hybridized carbons (Fsp3) is 0. The first-order valence-corrected chi connectivity index (χ1v) is 7.53. The van der Waals surface area contributed by atoms with Gasteiger partial charge < -0.3 is 16.4 Å². The molecule has 0 bridgehead atoms. The van der Waals surface area contributed by atoms with Gasteiger partial charge in [-0.2, -0.15) is 0 Å². The number of thiazole rings is 1. The summed E-state index contributed by atoms with van der Waals surface area (Å²) in [7, 11) is 0. The van der Waals surface area contributed by atoms with E-state index in [4.69, 9.17) is 5.73 Å². The molecular formula is C16H14N4OS. The number of hydrogen-bond donors (Lipinski definition) is 3. The lowest BCUT2D eigenvalue weighted by Gasteiger charge is -2.08. The van der Waals surface area contributed by atoms with Crippen LogP contribution >= 0.6 is 11.3 Å². The number of amides is 2. The summed E-state index contributed by atoms with van der Waals surface area (Å²) in [5.74, 6) is 0. The SMILES string of the molecule is Nc1nc(-c2cccc(NC(=O)Nc3ccccc3)c2)cs1. The van der Waals surface area contributed by atoms with Crippen molar-refractivity contribution in [1.82, 2.24) is 4.98 Å². The van der Waals surface area contributed by atoms with Crippen molar-refractivity contribution in [3.63, 3.8) is 0 Å². The Morgan fingerprint density at radius 1 is 1.00 bits per heavy atom. The van der Waals surface area contributed by atoms with E-state index in [2.05, 4.69) is 15.6 Å². The Bertz CT molecular complexity index is 786. The van der Waals surface area contributed by atoms with Crippen LogP contribution in [-0.2, 0) is 0 Å². The van der Waals surface area contributed by atoms with Crippen LogP contribution in [0, 0.1) is 0 Å². The third-order valence-corrected chi connectivity index (χ3v) is 3.64. The number of nitrogens with zero attached hydrogens (tertiary/aromatic N) is 1. The number of para-hydroxylation sites is 1. The Morgan fingerprint density at radius 3 is 2.45 bits per heavy atom. The fourth-order valence-electron chi connectivity index (χ4n) is 1.99. The normalized spacial score (nSPS) is 10.2. The van der Waals surface area contributed by atoms with Crippen molar-refractivity contribution in [3.8, 4) is 11.3 Å². The Morgan fingerprint density at radius 2 is 1.73 bits per heavy atom. The number of nitrogens with one attached hydrogen (secondary N) is 2. The fourth-order valence-corrected chi connectivity index (χ4v) is 2.56. The molecule has 0 unspecified atom stereocenters. The first kappa shape index (κ1) is 14.1. The highest BCUT2D eigenvalue weighted by Gasteiger charge is 2.06.